The highest BCUT2D eigenvalue weighted by Crippen LogP contribution is 2.22. The summed E-state index contributed by atoms with van der Waals surface area (Å²) in [4.78, 5) is 7.00. The molecule has 1 aromatic heterocycles. The molecule has 1 heterocycles. The lowest BCUT2D eigenvalue weighted by Gasteiger charge is -2.22. The molecule has 1 N–H and O–H groups in total. The van der Waals surface area contributed by atoms with E-state index < -0.39 is 0 Å². The van der Waals surface area contributed by atoms with Crippen molar-refractivity contribution in [2.75, 3.05) is 18.9 Å². The van der Waals surface area contributed by atoms with E-state index in [1.54, 1.807) is 0 Å². The van der Waals surface area contributed by atoms with E-state index in [9.17, 15) is 0 Å². The van der Waals surface area contributed by atoms with Crippen LogP contribution in [0.5, 0.6) is 0 Å². The van der Waals surface area contributed by atoms with Gasteiger partial charge in [-0.25, -0.2) is 4.98 Å². The Labute approximate surface area is 117 Å². The first-order valence-electron chi connectivity index (χ1n) is 7.57. The van der Waals surface area contributed by atoms with Crippen LogP contribution < -0.4 is 5.32 Å². The van der Waals surface area contributed by atoms with E-state index in [1.165, 1.54) is 25.7 Å². The van der Waals surface area contributed by atoms with Crippen molar-refractivity contribution >= 4 is 5.95 Å². The second-order valence-corrected chi connectivity index (χ2v) is 6.10. The van der Waals surface area contributed by atoms with Crippen LogP contribution in [0.2, 0.25) is 0 Å². The van der Waals surface area contributed by atoms with E-state index in [1.807, 2.05) is 0 Å². The van der Waals surface area contributed by atoms with Crippen molar-refractivity contribution in [3.63, 3.8) is 0 Å². The molecule has 108 valence electrons. The van der Waals surface area contributed by atoms with E-state index in [2.05, 4.69) is 53.8 Å². The first kappa shape index (κ1) is 14.4. The Morgan fingerprint density at radius 3 is 2.74 bits per heavy atom. The third-order valence-corrected chi connectivity index (χ3v) is 4.16. The van der Waals surface area contributed by atoms with E-state index in [0.29, 0.717) is 12.1 Å². The lowest BCUT2D eigenvalue weighted by atomic mass is 10.2. The number of aromatic nitrogens is 2. The fourth-order valence-corrected chi connectivity index (χ4v) is 2.61. The number of nitrogens with one attached hydrogen (secondary N) is 1. The van der Waals surface area contributed by atoms with Gasteiger partial charge in [0.05, 0.1) is 5.69 Å². The summed E-state index contributed by atoms with van der Waals surface area (Å²) in [6.45, 7) is 8.60. The molecule has 0 atom stereocenters. The summed E-state index contributed by atoms with van der Waals surface area (Å²) in [7, 11) is 2.18. The van der Waals surface area contributed by atoms with Gasteiger partial charge in [-0.3, -0.25) is 0 Å². The van der Waals surface area contributed by atoms with Gasteiger partial charge in [0.15, 0.2) is 0 Å². The van der Waals surface area contributed by atoms with Gasteiger partial charge in [0.25, 0.3) is 0 Å². The standard InChI is InChI=1S/C15H28N4/c1-12(2)18(4)9-10-19-11-13(3)16-15(19)17-14-7-5-6-8-14/h11-12,14H,5-10H2,1-4H3,(H,16,17). The van der Waals surface area contributed by atoms with Gasteiger partial charge in [-0.15, -0.1) is 0 Å². The largest absolute Gasteiger partial charge is 0.353 e. The number of hydrogen-bond acceptors (Lipinski definition) is 3. The summed E-state index contributed by atoms with van der Waals surface area (Å²) in [6, 6.07) is 1.22. The van der Waals surface area contributed by atoms with Crippen molar-refractivity contribution in [1.29, 1.82) is 0 Å². The molecule has 19 heavy (non-hydrogen) atoms. The molecular weight excluding hydrogens is 236 g/mol. The van der Waals surface area contributed by atoms with E-state index >= 15 is 0 Å². The lowest BCUT2D eigenvalue weighted by Crippen LogP contribution is -2.30. The predicted octanol–water partition coefficient (Wildman–Crippen LogP) is 2.89. The Bertz CT molecular complexity index is 391. The third kappa shape index (κ3) is 3.96. The first-order valence-corrected chi connectivity index (χ1v) is 7.57. The highest BCUT2D eigenvalue weighted by Gasteiger charge is 2.17. The van der Waals surface area contributed by atoms with Crippen molar-refractivity contribution < 1.29 is 0 Å². The van der Waals surface area contributed by atoms with E-state index in [-0.39, 0.29) is 0 Å². The van der Waals surface area contributed by atoms with Gasteiger partial charge in [-0.2, -0.15) is 0 Å². The Morgan fingerprint density at radius 1 is 1.42 bits per heavy atom. The molecular formula is C15H28N4. The average Bonchev–Trinajstić information content (AvgIpc) is 2.96. The molecule has 1 aliphatic rings. The van der Waals surface area contributed by atoms with Gasteiger partial charge >= 0.3 is 0 Å². The Morgan fingerprint density at radius 2 is 2.11 bits per heavy atom. The van der Waals surface area contributed by atoms with Crippen LogP contribution >= 0.6 is 0 Å². The zero-order valence-corrected chi connectivity index (χ0v) is 12.8. The van der Waals surface area contributed by atoms with Crippen molar-refractivity contribution in [1.82, 2.24) is 14.5 Å². The number of imidazole rings is 1. The molecule has 0 saturated heterocycles. The van der Waals surface area contributed by atoms with Gasteiger partial charge in [0, 0.05) is 31.4 Å². The van der Waals surface area contributed by atoms with Crippen LogP contribution in [-0.2, 0) is 6.54 Å². The summed E-state index contributed by atoms with van der Waals surface area (Å²) >= 11 is 0. The van der Waals surface area contributed by atoms with Gasteiger partial charge in [0.2, 0.25) is 5.95 Å². The summed E-state index contributed by atoms with van der Waals surface area (Å²) in [5.41, 5.74) is 1.10. The molecule has 1 aliphatic carbocycles. The summed E-state index contributed by atoms with van der Waals surface area (Å²) in [6.07, 6.45) is 7.45. The molecule has 0 bridgehead atoms. The van der Waals surface area contributed by atoms with Crippen LogP contribution in [-0.4, -0.2) is 40.1 Å². The Balaban J connectivity index is 1.95. The van der Waals surface area contributed by atoms with Crippen LogP contribution in [0.15, 0.2) is 6.20 Å². The van der Waals surface area contributed by atoms with E-state index in [0.717, 1.165) is 24.7 Å². The van der Waals surface area contributed by atoms with Crippen LogP contribution in [0.1, 0.15) is 45.2 Å². The Hall–Kier alpha value is -1.03. The van der Waals surface area contributed by atoms with Gasteiger partial charge < -0.3 is 14.8 Å². The molecule has 4 nitrogen and oxygen atoms in total. The Kier molecular flexibility index (Phi) is 4.86. The third-order valence-electron chi connectivity index (χ3n) is 4.16. The molecule has 1 aromatic rings. The minimum Gasteiger partial charge on any atom is -0.353 e. The van der Waals surface area contributed by atoms with Crippen molar-refractivity contribution in [3.05, 3.63) is 11.9 Å². The zero-order chi connectivity index (χ0) is 13.8. The lowest BCUT2D eigenvalue weighted by molar-refractivity contribution is 0.263. The van der Waals surface area contributed by atoms with Crippen LogP contribution in [0.3, 0.4) is 0 Å². The zero-order valence-electron chi connectivity index (χ0n) is 12.8. The monoisotopic (exact) mass is 264 g/mol. The summed E-state index contributed by atoms with van der Waals surface area (Å²) in [5, 5.41) is 3.62. The number of aryl methyl sites for hydroxylation is 1. The van der Waals surface area contributed by atoms with Crippen LogP contribution in [0.25, 0.3) is 0 Å². The van der Waals surface area contributed by atoms with E-state index in [4.69, 9.17) is 0 Å². The maximum Gasteiger partial charge on any atom is 0.203 e. The molecule has 0 radical (unpaired) electrons. The molecule has 1 saturated carbocycles. The molecule has 0 spiro atoms. The molecule has 0 amide bonds. The smallest absolute Gasteiger partial charge is 0.203 e. The number of nitrogens with zero attached hydrogens (tertiary/aromatic N) is 3. The van der Waals surface area contributed by atoms with Gasteiger partial charge in [0.1, 0.15) is 0 Å². The number of rotatable bonds is 6. The van der Waals surface area contributed by atoms with Crippen LogP contribution in [0, 0.1) is 6.92 Å². The second kappa shape index (κ2) is 6.42. The number of anilines is 1. The highest BCUT2D eigenvalue weighted by molar-refractivity contribution is 5.30. The fraction of sp³-hybridized carbons (Fsp3) is 0.800. The minimum atomic E-state index is 0.593. The quantitative estimate of drug-likeness (QED) is 0.857. The van der Waals surface area contributed by atoms with Crippen molar-refractivity contribution in [3.8, 4) is 0 Å². The molecule has 0 aliphatic heterocycles. The van der Waals surface area contributed by atoms with Gasteiger partial charge in [-0.1, -0.05) is 12.8 Å². The first-order chi connectivity index (χ1) is 9.06. The second-order valence-electron chi connectivity index (χ2n) is 6.10. The topological polar surface area (TPSA) is 33.1 Å². The molecule has 0 unspecified atom stereocenters. The van der Waals surface area contributed by atoms with Crippen molar-refractivity contribution in [2.45, 2.75) is 65.1 Å². The molecule has 0 aromatic carbocycles. The van der Waals surface area contributed by atoms with Crippen LogP contribution in [0.4, 0.5) is 5.95 Å². The molecule has 4 heteroatoms. The maximum atomic E-state index is 4.63. The SMILES string of the molecule is Cc1cn(CCN(C)C(C)C)c(NC2CCCC2)n1. The highest BCUT2D eigenvalue weighted by atomic mass is 15.2. The summed E-state index contributed by atoms with van der Waals surface area (Å²) < 4.78 is 2.27. The van der Waals surface area contributed by atoms with Gasteiger partial charge in [-0.05, 0) is 40.7 Å². The van der Waals surface area contributed by atoms with Crippen molar-refractivity contribution in [2.24, 2.45) is 0 Å². The molecule has 1 fully saturated rings. The number of likely N-dealkylation sites (N-methyl/N-ethyl adjacent to an activating group) is 1. The number of hydrogen-bond donors (Lipinski definition) is 1. The maximum absolute atomic E-state index is 4.63. The summed E-state index contributed by atoms with van der Waals surface area (Å²) in [5.74, 6) is 1.06. The fourth-order valence-electron chi connectivity index (χ4n) is 2.61. The average molecular weight is 264 g/mol. The predicted molar refractivity (Wildman–Crippen MR) is 80.6 cm³/mol. The molecule has 2 rings (SSSR count). The minimum absolute atomic E-state index is 0.593. The normalized spacial score (nSPS) is 16.7.